The van der Waals surface area contributed by atoms with Crippen molar-refractivity contribution in [3.8, 4) is 11.3 Å². The second kappa shape index (κ2) is 7.47. The van der Waals surface area contributed by atoms with Gasteiger partial charge < -0.3 is 10.0 Å². The Kier molecular flexibility index (Phi) is 5.07. The highest BCUT2D eigenvalue weighted by Crippen LogP contribution is 2.28. The lowest BCUT2D eigenvalue weighted by Crippen LogP contribution is -2.46. The first-order chi connectivity index (χ1) is 12.6. The number of H-pyrrole nitrogens is 1. The van der Waals surface area contributed by atoms with Crippen LogP contribution >= 0.6 is 0 Å². The van der Waals surface area contributed by atoms with Crippen LogP contribution in [0.15, 0.2) is 30.5 Å². The number of hydrogen-bond acceptors (Lipinski definition) is 4. The van der Waals surface area contributed by atoms with Gasteiger partial charge in [0.15, 0.2) is 0 Å². The molecule has 4 rings (SSSR count). The zero-order chi connectivity index (χ0) is 18.0. The molecule has 2 saturated heterocycles. The summed E-state index contributed by atoms with van der Waals surface area (Å²) in [6.07, 6.45) is 6.45. The van der Waals surface area contributed by atoms with Gasteiger partial charge in [0, 0.05) is 37.3 Å². The molecule has 3 heterocycles. The highest BCUT2D eigenvalue weighted by Gasteiger charge is 2.37. The number of nitrogens with zero attached hydrogens (tertiary/aromatic N) is 3. The van der Waals surface area contributed by atoms with E-state index in [0.29, 0.717) is 6.54 Å². The average Bonchev–Trinajstić information content (AvgIpc) is 3.24. The molecular weight excluding hydrogens is 331 g/mol. The van der Waals surface area contributed by atoms with Gasteiger partial charge in [-0.15, -0.1) is 0 Å². The molecule has 2 aliphatic rings. The molecule has 1 atom stereocenters. The third kappa shape index (κ3) is 3.98. The monoisotopic (exact) mass is 358 g/mol. The molecule has 2 aliphatic heterocycles. The highest BCUT2D eigenvalue weighted by molar-refractivity contribution is 5.62. The van der Waals surface area contributed by atoms with E-state index in [4.69, 9.17) is 0 Å². The van der Waals surface area contributed by atoms with Crippen LogP contribution in [0.5, 0.6) is 0 Å². The summed E-state index contributed by atoms with van der Waals surface area (Å²) in [7, 11) is 0. The summed E-state index contributed by atoms with van der Waals surface area (Å²) >= 11 is 0. The number of aromatic amines is 1. The molecule has 0 unspecified atom stereocenters. The normalized spacial score (nSPS) is 25.0. The maximum absolute atomic E-state index is 13.2. The van der Waals surface area contributed by atoms with E-state index in [1.165, 1.54) is 31.4 Å². The smallest absolute Gasteiger partial charge is 0.123 e. The predicted octanol–water partition coefficient (Wildman–Crippen LogP) is 2.64. The Morgan fingerprint density at radius 2 is 1.85 bits per heavy atom. The van der Waals surface area contributed by atoms with Gasteiger partial charge in [0.2, 0.25) is 0 Å². The van der Waals surface area contributed by atoms with Crippen LogP contribution in [0.25, 0.3) is 11.3 Å². The standard InChI is InChI=1S/C20H27FN4O/c21-18-6-4-16(5-7-18)19-17(12-22-23-19)13-25-11-8-20(26,15-25)14-24-9-2-1-3-10-24/h4-7,12,26H,1-3,8-11,13-15H2,(H,22,23)/t20-/m1/s1. The number of likely N-dealkylation sites (tertiary alicyclic amines) is 2. The molecule has 5 nitrogen and oxygen atoms in total. The van der Waals surface area contributed by atoms with Crippen LogP contribution in [0.3, 0.4) is 0 Å². The van der Waals surface area contributed by atoms with Gasteiger partial charge in [-0.2, -0.15) is 5.10 Å². The summed E-state index contributed by atoms with van der Waals surface area (Å²) in [5.74, 6) is -0.239. The average molecular weight is 358 g/mol. The molecular formula is C20H27FN4O. The topological polar surface area (TPSA) is 55.4 Å². The van der Waals surface area contributed by atoms with E-state index in [2.05, 4.69) is 20.0 Å². The van der Waals surface area contributed by atoms with Gasteiger partial charge >= 0.3 is 0 Å². The Balaban J connectivity index is 1.40. The Labute approximate surface area is 153 Å². The van der Waals surface area contributed by atoms with Crippen LogP contribution in [0.4, 0.5) is 4.39 Å². The molecule has 0 aliphatic carbocycles. The van der Waals surface area contributed by atoms with Gasteiger partial charge in [0.1, 0.15) is 5.82 Å². The fourth-order valence-corrected chi connectivity index (χ4v) is 4.28. The Bertz CT molecular complexity index is 726. The minimum absolute atomic E-state index is 0.239. The lowest BCUT2D eigenvalue weighted by Gasteiger charge is -2.33. The molecule has 0 saturated carbocycles. The molecule has 0 radical (unpaired) electrons. The van der Waals surface area contributed by atoms with E-state index < -0.39 is 5.60 Å². The van der Waals surface area contributed by atoms with Gasteiger partial charge in [-0.3, -0.25) is 10.00 Å². The first-order valence-corrected chi connectivity index (χ1v) is 9.57. The molecule has 0 spiro atoms. The van der Waals surface area contributed by atoms with E-state index in [9.17, 15) is 9.50 Å². The van der Waals surface area contributed by atoms with E-state index >= 15 is 0 Å². The van der Waals surface area contributed by atoms with Crippen LogP contribution in [0.1, 0.15) is 31.2 Å². The molecule has 2 aromatic rings. The van der Waals surface area contributed by atoms with E-state index in [0.717, 1.165) is 56.0 Å². The Morgan fingerprint density at radius 1 is 1.08 bits per heavy atom. The van der Waals surface area contributed by atoms with Crippen molar-refractivity contribution < 1.29 is 9.50 Å². The molecule has 1 aromatic carbocycles. The van der Waals surface area contributed by atoms with Gasteiger partial charge in [-0.05, 0) is 56.6 Å². The van der Waals surface area contributed by atoms with Crippen molar-refractivity contribution in [2.75, 3.05) is 32.7 Å². The fraction of sp³-hybridized carbons (Fsp3) is 0.550. The fourth-order valence-electron chi connectivity index (χ4n) is 4.28. The van der Waals surface area contributed by atoms with Crippen molar-refractivity contribution in [3.63, 3.8) is 0 Å². The van der Waals surface area contributed by atoms with Crippen LogP contribution in [0.2, 0.25) is 0 Å². The summed E-state index contributed by atoms with van der Waals surface area (Å²) in [6, 6.07) is 6.46. The van der Waals surface area contributed by atoms with Crippen molar-refractivity contribution >= 4 is 0 Å². The van der Waals surface area contributed by atoms with Crippen LogP contribution in [0, 0.1) is 5.82 Å². The molecule has 6 heteroatoms. The summed E-state index contributed by atoms with van der Waals surface area (Å²) in [5, 5.41) is 18.2. The predicted molar refractivity (Wildman–Crippen MR) is 99.1 cm³/mol. The molecule has 0 amide bonds. The quantitative estimate of drug-likeness (QED) is 0.863. The number of aromatic nitrogens is 2. The van der Waals surface area contributed by atoms with E-state index in [1.807, 2.05) is 6.20 Å². The molecule has 0 bridgehead atoms. The van der Waals surface area contributed by atoms with Crippen molar-refractivity contribution in [1.82, 2.24) is 20.0 Å². The maximum Gasteiger partial charge on any atom is 0.123 e. The molecule has 2 N–H and O–H groups in total. The van der Waals surface area contributed by atoms with Crippen LogP contribution in [-0.4, -0.2) is 63.4 Å². The van der Waals surface area contributed by atoms with E-state index in [-0.39, 0.29) is 5.82 Å². The van der Waals surface area contributed by atoms with Crippen molar-refractivity contribution in [3.05, 3.63) is 41.8 Å². The van der Waals surface area contributed by atoms with Crippen molar-refractivity contribution in [2.24, 2.45) is 0 Å². The van der Waals surface area contributed by atoms with Crippen LogP contribution in [-0.2, 0) is 6.54 Å². The largest absolute Gasteiger partial charge is 0.387 e. The summed E-state index contributed by atoms with van der Waals surface area (Å²) in [4.78, 5) is 4.70. The zero-order valence-electron chi connectivity index (χ0n) is 15.1. The first kappa shape index (κ1) is 17.6. The second-order valence-corrected chi connectivity index (χ2v) is 7.80. The lowest BCUT2D eigenvalue weighted by molar-refractivity contribution is 0.00636. The number of piperidine rings is 1. The summed E-state index contributed by atoms with van der Waals surface area (Å²) in [6.45, 7) is 5.32. The van der Waals surface area contributed by atoms with Gasteiger partial charge in [-0.25, -0.2) is 4.39 Å². The SMILES string of the molecule is O[C@@]1(CN2CCCCC2)CCN(Cc2cn[nH]c2-c2ccc(F)cc2)C1. The van der Waals surface area contributed by atoms with Gasteiger partial charge in [0.25, 0.3) is 0 Å². The second-order valence-electron chi connectivity index (χ2n) is 7.80. The third-order valence-corrected chi connectivity index (χ3v) is 5.62. The number of hydrogen-bond donors (Lipinski definition) is 2. The van der Waals surface area contributed by atoms with Crippen LogP contribution < -0.4 is 0 Å². The number of rotatable bonds is 5. The maximum atomic E-state index is 13.2. The minimum atomic E-state index is -0.614. The number of benzene rings is 1. The summed E-state index contributed by atoms with van der Waals surface area (Å²) < 4.78 is 13.2. The van der Waals surface area contributed by atoms with E-state index in [1.54, 1.807) is 12.1 Å². The molecule has 26 heavy (non-hydrogen) atoms. The first-order valence-electron chi connectivity index (χ1n) is 9.57. The lowest BCUT2D eigenvalue weighted by atomic mass is 10.0. The van der Waals surface area contributed by atoms with Gasteiger partial charge in [-0.1, -0.05) is 6.42 Å². The number of aliphatic hydroxyl groups is 1. The third-order valence-electron chi connectivity index (χ3n) is 5.62. The molecule has 2 fully saturated rings. The molecule has 1 aromatic heterocycles. The summed E-state index contributed by atoms with van der Waals surface area (Å²) in [5.41, 5.74) is 2.33. The highest BCUT2D eigenvalue weighted by atomic mass is 19.1. The van der Waals surface area contributed by atoms with Crippen molar-refractivity contribution in [2.45, 2.75) is 37.8 Å². The number of nitrogens with one attached hydrogen (secondary N) is 1. The Hall–Kier alpha value is -1.76. The van der Waals surface area contributed by atoms with Gasteiger partial charge in [0.05, 0.1) is 17.5 Å². The number of β-amino-alcohol motifs (C(OH)–C–C–N with tert-alkyl or cyclic N) is 1. The Morgan fingerprint density at radius 3 is 2.62 bits per heavy atom. The number of halogens is 1. The van der Waals surface area contributed by atoms with Crippen molar-refractivity contribution in [1.29, 1.82) is 0 Å². The zero-order valence-corrected chi connectivity index (χ0v) is 15.1. The molecule has 140 valence electrons. The minimum Gasteiger partial charge on any atom is -0.387 e.